The van der Waals surface area contributed by atoms with Crippen molar-refractivity contribution in [2.45, 2.75) is 26.2 Å². The normalized spacial score (nSPS) is 13.8. The summed E-state index contributed by atoms with van der Waals surface area (Å²) >= 11 is 0. The molecule has 0 unspecified atom stereocenters. The number of hydrogen-bond donors (Lipinski definition) is 2. The summed E-state index contributed by atoms with van der Waals surface area (Å²) in [6.45, 7) is 3.27. The van der Waals surface area contributed by atoms with Crippen LogP contribution in [0.1, 0.15) is 36.5 Å². The van der Waals surface area contributed by atoms with Crippen LogP contribution < -0.4 is 15.4 Å². The number of nitrogens with one attached hydrogen (secondary N) is 2. The third kappa shape index (κ3) is 6.82. The Morgan fingerprint density at radius 1 is 0.968 bits per heavy atom. The SMILES string of the molecule is CCOC(=O)Oc1ccc(C(=O)Nc2ccccc2NC(=O)CC2CCOCC2)cc1. The molecule has 0 atom stereocenters. The first-order valence-corrected chi connectivity index (χ1v) is 10.3. The summed E-state index contributed by atoms with van der Waals surface area (Å²) in [5.74, 6) is 0.143. The van der Waals surface area contributed by atoms with Gasteiger partial charge in [-0.2, -0.15) is 0 Å². The Labute approximate surface area is 180 Å². The summed E-state index contributed by atoms with van der Waals surface area (Å²) in [5, 5.41) is 5.70. The minimum atomic E-state index is -0.801. The van der Waals surface area contributed by atoms with E-state index in [0.717, 1.165) is 12.8 Å². The van der Waals surface area contributed by atoms with Crippen LogP contribution in [0.4, 0.5) is 16.2 Å². The third-order valence-corrected chi connectivity index (χ3v) is 4.84. The number of benzene rings is 2. The topological polar surface area (TPSA) is 103 Å². The third-order valence-electron chi connectivity index (χ3n) is 4.84. The van der Waals surface area contributed by atoms with E-state index in [1.807, 2.05) is 0 Å². The van der Waals surface area contributed by atoms with Crippen LogP contribution in [0.15, 0.2) is 48.5 Å². The monoisotopic (exact) mass is 426 g/mol. The first kappa shape index (κ1) is 22.3. The number of rotatable bonds is 7. The van der Waals surface area contributed by atoms with Crippen LogP contribution in [-0.2, 0) is 14.3 Å². The molecule has 164 valence electrons. The van der Waals surface area contributed by atoms with Crippen LogP contribution in [-0.4, -0.2) is 37.8 Å². The van der Waals surface area contributed by atoms with Gasteiger partial charge in [0.1, 0.15) is 5.75 Å². The smallest absolute Gasteiger partial charge is 0.434 e. The fourth-order valence-electron chi connectivity index (χ4n) is 3.23. The molecule has 3 rings (SSSR count). The van der Waals surface area contributed by atoms with Crippen LogP contribution in [0.3, 0.4) is 0 Å². The molecule has 1 fully saturated rings. The van der Waals surface area contributed by atoms with E-state index in [-0.39, 0.29) is 24.2 Å². The number of anilines is 2. The number of carbonyl (C=O) groups excluding carboxylic acids is 3. The lowest BCUT2D eigenvalue weighted by Gasteiger charge is -2.21. The van der Waals surface area contributed by atoms with Gasteiger partial charge in [0, 0.05) is 25.2 Å². The summed E-state index contributed by atoms with van der Waals surface area (Å²) < 4.78 is 15.0. The molecule has 0 radical (unpaired) electrons. The van der Waals surface area contributed by atoms with E-state index >= 15 is 0 Å². The molecule has 0 spiro atoms. The van der Waals surface area contributed by atoms with Crippen molar-refractivity contribution in [2.24, 2.45) is 5.92 Å². The minimum absolute atomic E-state index is 0.0888. The quantitative estimate of drug-likeness (QED) is 0.507. The van der Waals surface area contributed by atoms with Crippen LogP contribution in [0.5, 0.6) is 5.75 Å². The summed E-state index contributed by atoms with van der Waals surface area (Å²) in [4.78, 5) is 36.4. The lowest BCUT2D eigenvalue weighted by Crippen LogP contribution is -2.23. The number of para-hydroxylation sites is 2. The highest BCUT2D eigenvalue weighted by molar-refractivity contribution is 6.07. The second-order valence-electron chi connectivity index (χ2n) is 7.12. The fourth-order valence-corrected chi connectivity index (χ4v) is 3.23. The molecule has 0 aliphatic carbocycles. The van der Waals surface area contributed by atoms with Gasteiger partial charge in [0.25, 0.3) is 5.91 Å². The zero-order valence-electron chi connectivity index (χ0n) is 17.4. The molecule has 2 aromatic rings. The van der Waals surface area contributed by atoms with Crippen molar-refractivity contribution < 1.29 is 28.6 Å². The molecule has 0 saturated carbocycles. The van der Waals surface area contributed by atoms with E-state index < -0.39 is 6.16 Å². The highest BCUT2D eigenvalue weighted by Crippen LogP contribution is 2.24. The Bertz CT molecular complexity index is 907. The maximum Gasteiger partial charge on any atom is 0.513 e. The molecule has 2 N–H and O–H groups in total. The Balaban J connectivity index is 1.60. The Kier molecular flexibility index (Phi) is 8.00. The highest BCUT2D eigenvalue weighted by Gasteiger charge is 2.18. The van der Waals surface area contributed by atoms with Crippen molar-refractivity contribution >= 4 is 29.3 Å². The summed E-state index contributed by atoms with van der Waals surface area (Å²) in [7, 11) is 0. The first-order valence-electron chi connectivity index (χ1n) is 10.3. The van der Waals surface area contributed by atoms with E-state index in [1.54, 1.807) is 31.2 Å². The zero-order chi connectivity index (χ0) is 22.1. The largest absolute Gasteiger partial charge is 0.513 e. The van der Waals surface area contributed by atoms with Crippen LogP contribution in [0, 0.1) is 5.92 Å². The Morgan fingerprint density at radius 2 is 1.61 bits per heavy atom. The zero-order valence-corrected chi connectivity index (χ0v) is 17.4. The van der Waals surface area contributed by atoms with E-state index in [1.165, 1.54) is 24.3 Å². The van der Waals surface area contributed by atoms with E-state index in [0.29, 0.717) is 42.5 Å². The molecule has 2 aromatic carbocycles. The van der Waals surface area contributed by atoms with Crippen molar-refractivity contribution in [1.29, 1.82) is 0 Å². The van der Waals surface area contributed by atoms with Gasteiger partial charge in [-0.15, -0.1) is 0 Å². The first-order chi connectivity index (χ1) is 15.0. The fraction of sp³-hybridized carbons (Fsp3) is 0.348. The highest BCUT2D eigenvalue weighted by atomic mass is 16.7. The molecule has 1 heterocycles. The van der Waals surface area contributed by atoms with E-state index in [2.05, 4.69) is 10.6 Å². The lowest BCUT2D eigenvalue weighted by atomic mass is 9.96. The number of amides is 2. The molecule has 31 heavy (non-hydrogen) atoms. The lowest BCUT2D eigenvalue weighted by molar-refractivity contribution is -0.117. The van der Waals surface area contributed by atoms with Gasteiger partial charge in [0.2, 0.25) is 5.91 Å². The van der Waals surface area contributed by atoms with Gasteiger partial charge in [-0.3, -0.25) is 9.59 Å². The number of ether oxygens (including phenoxy) is 3. The molecular weight excluding hydrogens is 400 g/mol. The molecule has 0 bridgehead atoms. The van der Waals surface area contributed by atoms with Crippen molar-refractivity contribution in [3.63, 3.8) is 0 Å². The maximum atomic E-state index is 12.6. The molecule has 8 heteroatoms. The molecule has 1 aliphatic heterocycles. The molecule has 2 amide bonds. The molecule has 8 nitrogen and oxygen atoms in total. The predicted molar refractivity (Wildman–Crippen MR) is 115 cm³/mol. The second-order valence-corrected chi connectivity index (χ2v) is 7.12. The van der Waals surface area contributed by atoms with Gasteiger partial charge in [-0.25, -0.2) is 4.79 Å². The molecule has 0 aromatic heterocycles. The molecule has 1 aliphatic rings. The van der Waals surface area contributed by atoms with Gasteiger partial charge in [-0.05, 0) is 62.1 Å². The number of hydrogen-bond acceptors (Lipinski definition) is 6. The van der Waals surface area contributed by atoms with Crippen LogP contribution in [0.25, 0.3) is 0 Å². The predicted octanol–water partition coefficient (Wildman–Crippen LogP) is 4.23. The number of carbonyl (C=O) groups is 3. The van der Waals surface area contributed by atoms with Gasteiger partial charge in [-0.1, -0.05) is 12.1 Å². The summed E-state index contributed by atoms with van der Waals surface area (Å²) in [6.07, 6.45) is 1.38. The van der Waals surface area contributed by atoms with Crippen molar-refractivity contribution in [3.8, 4) is 5.75 Å². The average molecular weight is 426 g/mol. The minimum Gasteiger partial charge on any atom is -0.434 e. The second kappa shape index (κ2) is 11.1. The Hall–Kier alpha value is -3.39. The van der Waals surface area contributed by atoms with Crippen molar-refractivity contribution in [2.75, 3.05) is 30.5 Å². The van der Waals surface area contributed by atoms with Crippen LogP contribution in [0.2, 0.25) is 0 Å². The molecule has 1 saturated heterocycles. The van der Waals surface area contributed by atoms with Crippen molar-refractivity contribution in [3.05, 3.63) is 54.1 Å². The maximum absolute atomic E-state index is 12.6. The van der Waals surface area contributed by atoms with Gasteiger partial charge in [0.15, 0.2) is 0 Å². The van der Waals surface area contributed by atoms with Crippen molar-refractivity contribution in [1.82, 2.24) is 0 Å². The summed E-state index contributed by atoms with van der Waals surface area (Å²) in [6, 6.07) is 13.1. The Morgan fingerprint density at radius 3 is 2.26 bits per heavy atom. The van der Waals surface area contributed by atoms with Crippen LogP contribution >= 0.6 is 0 Å². The van der Waals surface area contributed by atoms with E-state index in [9.17, 15) is 14.4 Å². The van der Waals surface area contributed by atoms with Gasteiger partial charge in [0.05, 0.1) is 18.0 Å². The molecular formula is C23H26N2O6. The summed E-state index contributed by atoms with van der Waals surface area (Å²) in [5.41, 5.74) is 1.41. The van der Waals surface area contributed by atoms with Gasteiger partial charge < -0.3 is 24.8 Å². The van der Waals surface area contributed by atoms with Gasteiger partial charge >= 0.3 is 6.16 Å². The van der Waals surface area contributed by atoms with E-state index in [4.69, 9.17) is 14.2 Å². The standard InChI is InChI=1S/C23H26N2O6/c1-2-30-23(28)31-18-9-7-17(8-10-18)22(27)25-20-6-4-3-5-19(20)24-21(26)15-16-11-13-29-14-12-16/h3-10,16H,2,11-15H2,1H3,(H,24,26)(H,25,27). The average Bonchev–Trinajstić information content (AvgIpc) is 2.76.